The Morgan fingerprint density at radius 3 is 2.55 bits per heavy atom. The number of rotatable bonds is 6. The first-order valence-corrected chi connectivity index (χ1v) is 9.37. The summed E-state index contributed by atoms with van der Waals surface area (Å²) >= 11 is 0. The van der Waals surface area contributed by atoms with Gasteiger partial charge in [-0.1, -0.05) is 0 Å². The molecule has 1 aliphatic carbocycles. The standard InChI is InChI=1S/C13H27N3O3S/c1-20(18,19)16-12-4-2-11(3-5-12)8-15-10-13(17)6-7-14-9-13/h11-12,14-17H,2-10H2,1H3/t11-,12-,13?. The zero-order valence-electron chi connectivity index (χ0n) is 12.2. The molecule has 0 aromatic heterocycles. The molecule has 1 saturated carbocycles. The molecule has 2 aliphatic rings. The van der Waals surface area contributed by atoms with E-state index in [1.54, 1.807) is 0 Å². The van der Waals surface area contributed by atoms with Gasteiger partial charge >= 0.3 is 0 Å². The van der Waals surface area contributed by atoms with Crippen LogP contribution < -0.4 is 15.4 Å². The molecule has 0 aromatic carbocycles. The molecule has 2 rings (SSSR count). The molecule has 1 atom stereocenters. The maximum atomic E-state index is 11.2. The van der Waals surface area contributed by atoms with Crippen LogP contribution in [0.15, 0.2) is 0 Å². The van der Waals surface area contributed by atoms with Gasteiger partial charge in [0.25, 0.3) is 0 Å². The normalized spacial score (nSPS) is 35.3. The van der Waals surface area contributed by atoms with Gasteiger partial charge in [-0.05, 0) is 51.1 Å². The van der Waals surface area contributed by atoms with Crippen LogP contribution in [0.2, 0.25) is 0 Å². The molecule has 118 valence electrons. The van der Waals surface area contributed by atoms with E-state index in [9.17, 15) is 13.5 Å². The summed E-state index contributed by atoms with van der Waals surface area (Å²) in [6.45, 7) is 3.11. The lowest BCUT2D eigenvalue weighted by Gasteiger charge is -2.30. The molecule has 2 fully saturated rings. The van der Waals surface area contributed by atoms with E-state index in [0.29, 0.717) is 19.0 Å². The Kier molecular flexibility index (Phi) is 5.42. The molecule has 0 spiro atoms. The minimum absolute atomic E-state index is 0.101. The lowest BCUT2D eigenvalue weighted by atomic mass is 9.86. The highest BCUT2D eigenvalue weighted by Crippen LogP contribution is 2.24. The van der Waals surface area contributed by atoms with Crippen LogP contribution in [0, 0.1) is 5.92 Å². The summed E-state index contributed by atoms with van der Waals surface area (Å²) in [7, 11) is -3.08. The molecule has 7 heteroatoms. The van der Waals surface area contributed by atoms with Crippen molar-refractivity contribution >= 4 is 10.0 Å². The molecular weight excluding hydrogens is 278 g/mol. The first-order chi connectivity index (χ1) is 9.36. The Morgan fingerprint density at radius 2 is 2.00 bits per heavy atom. The fraction of sp³-hybridized carbons (Fsp3) is 1.00. The monoisotopic (exact) mass is 305 g/mol. The van der Waals surface area contributed by atoms with Crippen molar-refractivity contribution in [1.82, 2.24) is 15.4 Å². The van der Waals surface area contributed by atoms with E-state index in [2.05, 4.69) is 15.4 Å². The third-order valence-electron chi connectivity index (χ3n) is 4.34. The number of hydrogen-bond donors (Lipinski definition) is 4. The minimum Gasteiger partial charge on any atom is -0.387 e. The third kappa shape index (κ3) is 5.29. The molecule has 1 saturated heterocycles. The van der Waals surface area contributed by atoms with Gasteiger partial charge in [0.05, 0.1) is 11.9 Å². The summed E-state index contributed by atoms with van der Waals surface area (Å²) in [6, 6.07) is 0.101. The van der Waals surface area contributed by atoms with E-state index in [-0.39, 0.29) is 6.04 Å². The van der Waals surface area contributed by atoms with Crippen LogP contribution in [0.25, 0.3) is 0 Å². The second kappa shape index (κ2) is 6.70. The number of aliphatic hydroxyl groups is 1. The Bertz CT molecular complexity index is 399. The van der Waals surface area contributed by atoms with E-state index >= 15 is 0 Å². The molecule has 1 aliphatic heterocycles. The number of hydrogen-bond acceptors (Lipinski definition) is 5. The van der Waals surface area contributed by atoms with E-state index in [0.717, 1.165) is 45.2 Å². The largest absolute Gasteiger partial charge is 0.387 e. The van der Waals surface area contributed by atoms with Crippen molar-refractivity contribution < 1.29 is 13.5 Å². The summed E-state index contributed by atoms with van der Waals surface area (Å²) in [5.41, 5.74) is -0.588. The Balaban J connectivity index is 1.62. The number of β-amino-alcohol motifs (C(OH)–C–C–N with tert-alkyl or cyclic N) is 1. The quantitative estimate of drug-likeness (QED) is 0.526. The Hall–Kier alpha value is -0.210. The Labute approximate surface area is 121 Å². The van der Waals surface area contributed by atoms with Crippen molar-refractivity contribution in [3.05, 3.63) is 0 Å². The maximum Gasteiger partial charge on any atom is 0.208 e. The molecule has 20 heavy (non-hydrogen) atoms. The highest BCUT2D eigenvalue weighted by atomic mass is 32.2. The van der Waals surface area contributed by atoms with Crippen LogP contribution >= 0.6 is 0 Å². The minimum atomic E-state index is -3.08. The van der Waals surface area contributed by atoms with Crippen molar-refractivity contribution in [3.8, 4) is 0 Å². The molecule has 0 amide bonds. The average Bonchev–Trinajstić information content (AvgIpc) is 2.77. The lowest BCUT2D eigenvalue weighted by molar-refractivity contribution is 0.0596. The highest BCUT2D eigenvalue weighted by Gasteiger charge is 2.31. The van der Waals surface area contributed by atoms with Gasteiger partial charge in [0, 0.05) is 19.1 Å². The molecule has 1 heterocycles. The summed E-state index contributed by atoms with van der Waals surface area (Å²) in [4.78, 5) is 0. The molecule has 1 unspecified atom stereocenters. The van der Waals surface area contributed by atoms with Crippen LogP contribution in [0.5, 0.6) is 0 Å². The number of sulfonamides is 1. The third-order valence-corrected chi connectivity index (χ3v) is 5.10. The summed E-state index contributed by atoms with van der Waals surface area (Å²) in [5.74, 6) is 0.588. The molecule has 4 N–H and O–H groups in total. The lowest BCUT2D eigenvalue weighted by Crippen LogP contribution is -2.44. The maximum absolute atomic E-state index is 11.2. The van der Waals surface area contributed by atoms with Crippen LogP contribution in [-0.4, -0.2) is 57.6 Å². The topological polar surface area (TPSA) is 90.5 Å². The summed E-state index contributed by atoms with van der Waals surface area (Å²) < 4.78 is 25.0. The average molecular weight is 305 g/mol. The van der Waals surface area contributed by atoms with Crippen molar-refractivity contribution in [1.29, 1.82) is 0 Å². The Morgan fingerprint density at radius 1 is 1.30 bits per heavy atom. The summed E-state index contributed by atoms with van der Waals surface area (Å²) in [6.07, 6.45) is 5.92. The molecule has 0 radical (unpaired) electrons. The predicted molar refractivity (Wildman–Crippen MR) is 79.0 cm³/mol. The zero-order valence-corrected chi connectivity index (χ0v) is 13.0. The van der Waals surface area contributed by atoms with Gasteiger partial charge < -0.3 is 15.7 Å². The van der Waals surface area contributed by atoms with Crippen LogP contribution in [0.4, 0.5) is 0 Å². The van der Waals surface area contributed by atoms with Crippen LogP contribution in [0.3, 0.4) is 0 Å². The fourth-order valence-electron chi connectivity index (χ4n) is 3.18. The van der Waals surface area contributed by atoms with Gasteiger partial charge in [0.2, 0.25) is 10.0 Å². The van der Waals surface area contributed by atoms with Gasteiger partial charge in [-0.2, -0.15) is 0 Å². The van der Waals surface area contributed by atoms with Gasteiger partial charge in [-0.3, -0.25) is 0 Å². The predicted octanol–water partition coefficient (Wildman–Crippen LogP) is -0.592. The van der Waals surface area contributed by atoms with Gasteiger partial charge in [0.1, 0.15) is 0 Å². The van der Waals surface area contributed by atoms with Crippen LogP contribution in [-0.2, 0) is 10.0 Å². The van der Waals surface area contributed by atoms with Crippen LogP contribution in [0.1, 0.15) is 32.1 Å². The van der Waals surface area contributed by atoms with Gasteiger partial charge in [-0.25, -0.2) is 13.1 Å². The zero-order chi connectivity index (χ0) is 14.6. The first kappa shape index (κ1) is 16.2. The van der Waals surface area contributed by atoms with Crippen molar-refractivity contribution in [2.24, 2.45) is 5.92 Å². The number of nitrogens with one attached hydrogen (secondary N) is 3. The van der Waals surface area contributed by atoms with Crippen molar-refractivity contribution in [2.75, 3.05) is 32.4 Å². The molecule has 6 nitrogen and oxygen atoms in total. The van der Waals surface area contributed by atoms with Crippen molar-refractivity contribution in [2.45, 2.75) is 43.7 Å². The summed E-state index contributed by atoms with van der Waals surface area (Å²) in [5, 5.41) is 16.7. The SMILES string of the molecule is CS(=O)(=O)N[C@H]1CC[C@H](CNCC2(O)CCNC2)CC1. The van der Waals surface area contributed by atoms with E-state index in [4.69, 9.17) is 0 Å². The second-order valence-corrected chi connectivity index (χ2v) is 8.17. The van der Waals surface area contributed by atoms with E-state index < -0.39 is 15.6 Å². The van der Waals surface area contributed by atoms with Gasteiger partial charge in [-0.15, -0.1) is 0 Å². The molecular formula is C13H27N3O3S. The smallest absolute Gasteiger partial charge is 0.208 e. The first-order valence-electron chi connectivity index (χ1n) is 7.47. The van der Waals surface area contributed by atoms with Crippen molar-refractivity contribution in [3.63, 3.8) is 0 Å². The van der Waals surface area contributed by atoms with E-state index in [1.165, 1.54) is 6.26 Å². The molecule has 0 aromatic rings. The van der Waals surface area contributed by atoms with Gasteiger partial charge in [0.15, 0.2) is 0 Å². The fourth-order valence-corrected chi connectivity index (χ4v) is 4.02. The molecule has 0 bridgehead atoms. The second-order valence-electron chi connectivity index (χ2n) is 6.39. The highest BCUT2D eigenvalue weighted by molar-refractivity contribution is 7.88. The van der Waals surface area contributed by atoms with E-state index in [1.807, 2.05) is 0 Å².